The monoisotopic (exact) mass is 364 g/mol. The fourth-order valence-electron chi connectivity index (χ4n) is 2.87. The number of ether oxygens (including phenoxy) is 1. The highest BCUT2D eigenvalue weighted by atomic mass is 35.5. The molecule has 1 saturated heterocycles. The summed E-state index contributed by atoms with van der Waals surface area (Å²) in [5.74, 6) is 1.37. The molecule has 1 fully saturated rings. The van der Waals surface area contributed by atoms with Gasteiger partial charge >= 0.3 is 0 Å². The molecule has 2 aromatic rings. The second-order valence-electron chi connectivity index (χ2n) is 5.99. The molecule has 7 heteroatoms. The van der Waals surface area contributed by atoms with E-state index >= 15 is 0 Å². The molecule has 0 bridgehead atoms. The van der Waals surface area contributed by atoms with E-state index in [1.54, 1.807) is 0 Å². The number of morpholine rings is 1. The Bertz CT molecular complexity index is 740. The number of carbonyl (C=O) groups is 1. The van der Waals surface area contributed by atoms with E-state index in [-0.39, 0.29) is 22.7 Å². The first-order chi connectivity index (χ1) is 12.0. The van der Waals surface area contributed by atoms with Gasteiger partial charge in [0.05, 0.1) is 24.3 Å². The third-order valence-corrected chi connectivity index (χ3v) is 4.54. The zero-order valence-electron chi connectivity index (χ0n) is 14.0. The Morgan fingerprint density at radius 2 is 2.08 bits per heavy atom. The summed E-state index contributed by atoms with van der Waals surface area (Å²) in [6.45, 7) is 5.20. The van der Waals surface area contributed by atoms with Gasteiger partial charge in [-0.1, -0.05) is 11.6 Å². The minimum absolute atomic E-state index is 0.0459. The zero-order valence-corrected chi connectivity index (χ0v) is 14.8. The maximum atomic E-state index is 12.4. The van der Waals surface area contributed by atoms with E-state index in [0.29, 0.717) is 25.3 Å². The molecule has 1 aromatic carbocycles. The molecule has 0 radical (unpaired) electrons. The number of nitrogens with one attached hydrogen (secondary N) is 1. The lowest BCUT2D eigenvalue weighted by Gasteiger charge is -2.33. The third-order valence-electron chi connectivity index (χ3n) is 4.24. The molecule has 0 aliphatic carbocycles. The number of hydrogen-bond donors (Lipinski definition) is 2. The van der Waals surface area contributed by atoms with Crippen LogP contribution >= 0.6 is 11.6 Å². The molecule has 1 unspecified atom stereocenters. The Kier molecular flexibility index (Phi) is 5.63. The van der Waals surface area contributed by atoms with Crippen molar-refractivity contribution in [2.45, 2.75) is 13.0 Å². The number of halogens is 1. The first-order valence-corrected chi connectivity index (χ1v) is 8.57. The lowest BCUT2D eigenvalue weighted by molar-refractivity contribution is 0.0117. The van der Waals surface area contributed by atoms with E-state index < -0.39 is 0 Å². The summed E-state index contributed by atoms with van der Waals surface area (Å²) < 4.78 is 11.2. The number of furan rings is 1. The summed E-state index contributed by atoms with van der Waals surface area (Å²) >= 11 is 5.87. The lowest BCUT2D eigenvalue weighted by Crippen LogP contribution is -2.43. The molecule has 2 N–H and O–H groups in total. The van der Waals surface area contributed by atoms with Crippen molar-refractivity contribution in [3.63, 3.8) is 0 Å². The molecule has 1 aromatic heterocycles. The fourth-order valence-corrected chi connectivity index (χ4v) is 3.05. The molecule has 25 heavy (non-hydrogen) atoms. The maximum Gasteiger partial charge on any atom is 0.251 e. The zero-order chi connectivity index (χ0) is 17.8. The molecule has 1 aliphatic rings. The van der Waals surface area contributed by atoms with Crippen molar-refractivity contribution in [1.82, 2.24) is 10.2 Å². The van der Waals surface area contributed by atoms with Gasteiger partial charge in [-0.15, -0.1) is 0 Å². The minimum Gasteiger partial charge on any atom is -0.506 e. The average Bonchev–Trinajstić information content (AvgIpc) is 3.04. The van der Waals surface area contributed by atoms with Crippen molar-refractivity contribution in [2.24, 2.45) is 0 Å². The van der Waals surface area contributed by atoms with Crippen LogP contribution in [0.3, 0.4) is 0 Å². The van der Waals surface area contributed by atoms with Gasteiger partial charge in [0.2, 0.25) is 0 Å². The molecule has 6 nitrogen and oxygen atoms in total. The molecular weight excluding hydrogens is 344 g/mol. The van der Waals surface area contributed by atoms with Gasteiger partial charge in [0, 0.05) is 25.2 Å². The highest BCUT2D eigenvalue weighted by Gasteiger charge is 2.25. The predicted molar refractivity (Wildman–Crippen MR) is 94.0 cm³/mol. The molecule has 1 atom stereocenters. The number of phenols is 1. The second kappa shape index (κ2) is 7.91. The Labute approximate surface area is 151 Å². The predicted octanol–water partition coefficient (Wildman–Crippen LogP) is 2.75. The summed E-state index contributed by atoms with van der Waals surface area (Å²) in [4.78, 5) is 14.6. The number of phenolic OH excluding ortho intramolecular Hbond substituents is 1. The van der Waals surface area contributed by atoms with Gasteiger partial charge in [-0.25, -0.2) is 0 Å². The topological polar surface area (TPSA) is 74.9 Å². The summed E-state index contributed by atoms with van der Waals surface area (Å²) in [6, 6.07) is 8.20. The van der Waals surface area contributed by atoms with Crippen LogP contribution in [-0.4, -0.2) is 48.8 Å². The first kappa shape index (κ1) is 17.8. The van der Waals surface area contributed by atoms with Gasteiger partial charge in [0.25, 0.3) is 5.91 Å². The number of aryl methyl sites for hydroxylation is 1. The minimum atomic E-state index is -0.247. The van der Waals surface area contributed by atoms with E-state index in [4.69, 9.17) is 20.8 Å². The number of benzene rings is 1. The SMILES string of the molecule is Cc1ccc(C(CNC(=O)c2ccc(O)c(Cl)c2)N2CCOCC2)o1. The third kappa shape index (κ3) is 4.34. The molecular formula is C18H21ClN2O4. The van der Waals surface area contributed by atoms with Gasteiger partial charge in [-0.2, -0.15) is 0 Å². The standard InChI is InChI=1S/C18H21ClN2O4/c1-12-2-5-17(25-12)15(21-6-8-24-9-7-21)11-20-18(23)13-3-4-16(22)14(19)10-13/h2-5,10,15,22H,6-9,11H2,1H3,(H,20,23). The molecule has 0 spiro atoms. The van der Waals surface area contributed by atoms with E-state index in [0.717, 1.165) is 24.6 Å². The Balaban J connectivity index is 1.71. The largest absolute Gasteiger partial charge is 0.506 e. The summed E-state index contributed by atoms with van der Waals surface area (Å²) in [6.07, 6.45) is 0. The van der Waals surface area contributed by atoms with Crippen molar-refractivity contribution in [3.8, 4) is 5.75 Å². The summed E-state index contributed by atoms with van der Waals surface area (Å²) in [7, 11) is 0. The molecule has 1 amide bonds. The Hall–Kier alpha value is -2.02. The van der Waals surface area contributed by atoms with Crippen LogP contribution in [0.2, 0.25) is 5.02 Å². The van der Waals surface area contributed by atoms with Gasteiger partial charge in [-0.3, -0.25) is 9.69 Å². The van der Waals surface area contributed by atoms with Crippen molar-refractivity contribution in [2.75, 3.05) is 32.8 Å². The van der Waals surface area contributed by atoms with Crippen LogP contribution in [0, 0.1) is 6.92 Å². The highest BCUT2D eigenvalue weighted by molar-refractivity contribution is 6.32. The number of rotatable bonds is 5. The van der Waals surface area contributed by atoms with Crippen LogP contribution in [0.25, 0.3) is 0 Å². The number of nitrogens with zero attached hydrogens (tertiary/aromatic N) is 1. The number of hydrogen-bond acceptors (Lipinski definition) is 5. The molecule has 3 rings (SSSR count). The average molecular weight is 365 g/mol. The van der Waals surface area contributed by atoms with Crippen LogP contribution < -0.4 is 5.32 Å². The maximum absolute atomic E-state index is 12.4. The molecule has 2 heterocycles. The molecule has 1 aliphatic heterocycles. The number of amides is 1. The number of aromatic hydroxyl groups is 1. The normalized spacial score (nSPS) is 16.6. The van der Waals surface area contributed by atoms with E-state index in [9.17, 15) is 9.90 Å². The van der Waals surface area contributed by atoms with Crippen molar-refractivity contribution in [1.29, 1.82) is 0 Å². The van der Waals surface area contributed by atoms with Crippen molar-refractivity contribution >= 4 is 17.5 Å². The van der Waals surface area contributed by atoms with Gasteiger partial charge in [0.1, 0.15) is 17.3 Å². The smallest absolute Gasteiger partial charge is 0.251 e. The van der Waals surface area contributed by atoms with Crippen LogP contribution in [-0.2, 0) is 4.74 Å². The van der Waals surface area contributed by atoms with Crippen LogP contribution in [0.4, 0.5) is 0 Å². The quantitative estimate of drug-likeness (QED) is 0.853. The fraction of sp³-hybridized carbons (Fsp3) is 0.389. The highest BCUT2D eigenvalue weighted by Crippen LogP contribution is 2.25. The summed E-state index contributed by atoms with van der Waals surface area (Å²) in [5.41, 5.74) is 0.402. The van der Waals surface area contributed by atoms with E-state index in [1.165, 1.54) is 18.2 Å². The Morgan fingerprint density at radius 1 is 1.32 bits per heavy atom. The lowest BCUT2D eigenvalue weighted by atomic mass is 10.1. The van der Waals surface area contributed by atoms with Crippen molar-refractivity contribution < 1.29 is 19.1 Å². The number of carbonyl (C=O) groups excluding carboxylic acids is 1. The van der Waals surface area contributed by atoms with E-state index in [1.807, 2.05) is 19.1 Å². The summed E-state index contributed by atoms with van der Waals surface area (Å²) in [5, 5.41) is 12.6. The van der Waals surface area contributed by atoms with Gasteiger partial charge in [0.15, 0.2) is 0 Å². The van der Waals surface area contributed by atoms with Crippen molar-refractivity contribution in [3.05, 3.63) is 52.4 Å². The van der Waals surface area contributed by atoms with E-state index in [2.05, 4.69) is 10.2 Å². The van der Waals surface area contributed by atoms with Crippen LogP contribution in [0.15, 0.2) is 34.7 Å². The van der Waals surface area contributed by atoms with Crippen LogP contribution in [0.1, 0.15) is 27.9 Å². The first-order valence-electron chi connectivity index (χ1n) is 8.19. The molecule has 134 valence electrons. The van der Waals surface area contributed by atoms with Crippen LogP contribution in [0.5, 0.6) is 5.75 Å². The second-order valence-corrected chi connectivity index (χ2v) is 6.40. The van der Waals surface area contributed by atoms with Gasteiger partial charge < -0.3 is 19.6 Å². The Morgan fingerprint density at radius 3 is 2.72 bits per heavy atom. The van der Waals surface area contributed by atoms with Gasteiger partial charge in [-0.05, 0) is 37.3 Å². The molecule has 0 saturated carbocycles.